The van der Waals surface area contributed by atoms with E-state index in [4.69, 9.17) is 14.7 Å². The van der Waals surface area contributed by atoms with E-state index in [0.29, 0.717) is 33.8 Å². The first-order chi connectivity index (χ1) is 17.4. The molecule has 36 heavy (non-hydrogen) atoms. The number of aliphatic imine (C=N–C) groups is 1. The van der Waals surface area contributed by atoms with E-state index in [1.54, 1.807) is 26.0 Å². The summed E-state index contributed by atoms with van der Waals surface area (Å²) in [5, 5.41) is 11.5. The van der Waals surface area contributed by atoms with Crippen LogP contribution in [0.25, 0.3) is 22.4 Å². The Balaban J connectivity index is 1.52. The zero-order chi connectivity index (χ0) is 25.0. The number of ether oxygens (including phenoxy) is 1. The maximum absolute atomic E-state index is 12.6. The van der Waals surface area contributed by atoms with Crippen molar-refractivity contribution < 1.29 is 14.5 Å². The van der Waals surface area contributed by atoms with Crippen LogP contribution in [0.1, 0.15) is 45.2 Å². The molecule has 0 radical (unpaired) electrons. The van der Waals surface area contributed by atoms with Gasteiger partial charge in [-0.1, -0.05) is 30.3 Å². The highest BCUT2D eigenvalue weighted by atomic mass is 16.6. The maximum Gasteiger partial charge on any atom is 0.339 e. The van der Waals surface area contributed by atoms with E-state index in [-0.39, 0.29) is 12.3 Å². The smallest absolute Gasteiger partial charge is 0.339 e. The van der Waals surface area contributed by atoms with Crippen molar-refractivity contribution in [1.29, 1.82) is 0 Å². The molecule has 7 heteroatoms. The lowest BCUT2D eigenvalue weighted by molar-refractivity contribution is -0.384. The van der Waals surface area contributed by atoms with Crippen LogP contribution in [0.5, 0.6) is 0 Å². The minimum Gasteiger partial charge on any atom is -0.462 e. The molecule has 0 saturated carbocycles. The van der Waals surface area contributed by atoms with Crippen molar-refractivity contribution in [3.05, 3.63) is 110 Å². The van der Waals surface area contributed by atoms with Gasteiger partial charge in [0, 0.05) is 28.8 Å². The van der Waals surface area contributed by atoms with Crippen LogP contribution in [0.4, 0.5) is 11.4 Å². The molecule has 0 bridgehead atoms. The number of hydrogen-bond donors (Lipinski definition) is 0. The van der Waals surface area contributed by atoms with Crippen LogP contribution in [0.2, 0.25) is 0 Å². The third-order valence-electron chi connectivity index (χ3n) is 6.71. The molecule has 176 valence electrons. The van der Waals surface area contributed by atoms with Gasteiger partial charge in [0.05, 0.1) is 39.9 Å². The van der Waals surface area contributed by atoms with E-state index < -0.39 is 10.9 Å². The van der Waals surface area contributed by atoms with Gasteiger partial charge in [0.15, 0.2) is 0 Å². The Hall–Kier alpha value is -4.65. The van der Waals surface area contributed by atoms with Crippen LogP contribution >= 0.6 is 0 Å². The van der Waals surface area contributed by atoms with Gasteiger partial charge in [-0.3, -0.25) is 15.1 Å². The number of carbonyl (C=O) groups is 1. The minimum atomic E-state index is -0.457. The zero-order valence-corrected chi connectivity index (χ0v) is 19.7. The number of fused-ring (bicyclic) bond motifs is 6. The fourth-order valence-corrected chi connectivity index (χ4v) is 5.05. The third kappa shape index (κ3) is 3.40. The number of nitro benzene ring substituents is 1. The van der Waals surface area contributed by atoms with Crippen LogP contribution in [0.3, 0.4) is 0 Å². The first kappa shape index (κ1) is 21.9. The second-order valence-electron chi connectivity index (χ2n) is 8.86. The van der Waals surface area contributed by atoms with Crippen molar-refractivity contribution >= 4 is 23.1 Å². The average Bonchev–Trinajstić information content (AvgIpc) is 3.38. The van der Waals surface area contributed by atoms with E-state index in [1.165, 1.54) is 34.4 Å². The summed E-state index contributed by atoms with van der Waals surface area (Å²) >= 11 is 0. The normalized spacial score (nSPS) is 13.7. The second-order valence-corrected chi connectivity index (χ2v) is 8.86. The molecule has 0 aliphatic heterocycles. The summed E-state index contributed by atoms with van der Waals surface area (Å²) in [6.07, 6.45) is 0.830. The van der Waals surface area contributed by atoms with Gasteiger partial charge in [0.1, 0.15) is 0 Å². The number of hydrogen-bond acceptors (Lipinski definition) is 6. The van der Waals surface area contributed by atoms with Gasteiger partial charge in [0.25, 0.3) is 5.69 Å². The predicted molar refractivity (Wildman–Crippen MR) is 137 cm³/mol. The number of nitro groups is 1. The quantitative estimate of drug-likeness (QED) is 0.172. The molecule has 0 saturated heterocycles. The largest absolute Gasteiger partial charge is 0.462 e. The third-order valence-corrected chi connectivity index (χ3v) is 6.71. The number of pyridine rings is 1. The summed E-state index contributed by atoms with van der Waals surface area (Å²) in [5.41, 5.74) is 9.73. The molecule has 1 aromatic heterocycles. The molecule has 7 nitrogen and oxygen atoms in total. The standard InChI is InChI=1S/C29H21N3O4/c1-3-36-29(33)24-15-26-27(30-16(24)2)23-11-9-20(32(34)35)14-25(23)28(26)31-19-8-10-22-18(13-19)12-17-6-4-5-7-21(17)22/h4-11,13-15H,3,12H2,1-2H3. The zero-order valence-electron chi connectivity index (χ0n) is 19.7. The SMILES string of the molecule is CCOC(=O)c1cc2c(nc1C)-c1ccc([N+](=O)[O-])cc1C2=Nc1ccc2c(c1)Cc1ccccc1-2. The van der Waals surface area contributed by atoms with Crippen LogP contribution < -0.4 is 0 Å². The second kappa shape index (κ2) is 8.23. The summed E-state index contributed by atoms with van der Waals surface area (Å²) < 4.78 is 5.22. The molecule has 2 aliphatic carbocycles. The van der Waals surface area contributed by atoms with Crippen molar-refractivity contribution in [3.8, 4) is 22.4 Å². The highest BCUT2D eigenvalue weighted by Gasteiger charge is 2.31. The molecule has 0 unspecified atom stereocenters. The first-order valence-electron chi connectivity index (χ1n) is 11.7. The van der Waals surface area contributed by atoms with Crippen molar-refractivity contribution in [1.82, 2.24) is 4.98 Å². The molecule has 0 fully saturated rings. The highest BCUT2D eigenvalue weighted by molar-refractivity contribution is 6.25. The summed E-state index contributed by atoms with van der Waals surface area (Å²) in [7, 11) is 0. The molecule has 4 aromatic rings. The van der Waals surface area contributed by atoms with Crippen LogP contribution in [-0.4, -0.2) is 28.2 Å². The molecular formula is C29H21N3O4. The molecule has 0 N–H and O–H groups in total. The number of non-ortho nitro benzene ring substituents is 1. The number of esters is 1. The van der Waals surface area contributed by atoms with E-state index in [1.807, 2.05) is 18.2 Å². The summed E-state index contributed by atoms with van der Waals surface area (Å²) in [6.45, 7) is 3.76. The molecule has 2 aliphatic rings. The van der Waals surface area contributed by atoms with Gasteiger partial charge in [0.2, 0.25) is 0 Å². The van der Waals surface area contributed by atoms with E-state index in [9.17, 15) is 14.9 Å². The van der Waals surface area contributed by atoms with Gasteiger partial charge in [-0.2, -0.15) is 0 Å². The molecule has 1 heterocycles. The van der Waals surface area contributed by atoms with E-state index in [0.717, 1.165) is 17.7 Å². The van der Waals surface area contributed by atoms with Crippen molar-refractivity contribution in [2.24, 2.45) is 4.99 Å². The van der Waals surface area contributed by atoms with E-state index in [2.05, 4.69) is 24.3 Å². The topological polar surface area (TPSA) is 94.7 Å². The number of aryl methyl sites for hydroxylation is 1. The van der Waals surface area contributed by atoms with Gasteiger partial charge >= 0.3 is 5.97 Å². The number of benzene rings is 3. The average molecular weight is 476 g/mol. The number of nitrogens with zero attached hydrogens (tertiary/aromatic N) is 3. The Labute approximate surface area is 207 Å². The van der Waals surface area contributed by atoms with Crippen molar-refractivity contribution in [2.75, 3.05) is 6.61 Å². The highest BCUT2D eigenvalue weighted by Crippen LogP contribution is 2.41. The number of aromatic nitrogens is 1. The van der Waals surface area contributed by atoms with Crippen LogP contribution in [0, 0.1) is 17.0 Å². The van der Waals surface area contributed by atoms with E-state index >= 15 is 0 Å². The molecular weight excluding hydrogens is 454 g/mol. The molecule has 0 atom stereocenters. The molecule has 6 rings (SSSR count). The van der Waals surface area contributed by atoms with Crippen molar-refractivity contribution in [3.63, 3.8) is 0 Å². The fourth-order valence-electron chi connectivity index (χ4n) is 5.05. The lowest BCUT2D eigenvalue weighted by Gasteiger charge is -2.09. The Bertz CT molecular complexity index is 1640. The molecule has 0 spiro atoms. The van der Waals surface area contributed by atoms with Gasteiger partial charge in [-0.05, 0) is 66.8 Å². The Morgan fingerprint density at radius 2 is 1.75 bits per heavy atom. The Morgan fingerprint density at radius 1 is 0.972 bits per heavy atom. The van der Waals surface area contributed by atoms with Crippen LogP contribution in [-0.2, 0) is 11.2 Å². The minimum absolute atomic E-state index is 0.0269. The lowest BCUT2D eigenvalue weighted by Crippen LogP contribution is -2.10. The lowest BCUT2D eigenvalue weighted by atomic mass is 10.0. The summed E-state index contributed by atoms with van der Waals surface area (Å²) in [5.74, 6) is -0.457. The fraction of sp³-hybridized carbons (Fsp3) is 0.138. The van der Waals surface area contributed by atoms with Crippen LogP contribution in [0.15, 0.2) is 71.7 Å². The number of rotatable bonds is 4. The maximum atomic E-state index is 12.6. The summed E-state index contributed by atoms with van der Waals surface area (Å²) in [4.78, 5) is 33.4. The van der Waals surface area contributed by atoms with Crippen molar-refractivity contribution in [2.45, 2.75) is 20.3 Å². The number of carbonyl (C=O) groups excluding carboxylic acids is 1. The molecule has 0 amide bonds. The molecule has 3 aromatic carbocycles. The van der Waals surface area contributed by atoms with Gasteiger partial charge in [-0.25, -0.2) is 9.79 Å². The Morgan fingerprint density at radius 3 is 2.56 bits per heavy atom. The predicted octanol–water partition coefficient (Wildman–Crippen LogP) is 6.20. The van der Waals surface area contributed by atoms with Gasteiger partial charge < -0.3 is 4.74 Å². The Kier molecular flexibility index (Phi) is 5.00. The van der Waals surface area contributed by atoms with Gasteiger partial charge in [-0.15, -0.1) is 0 Å². The monoisotopic (exact) mass is 475 g/mol. The summed E-state index contributed by atoms with van der Waals surface area (Å²) in [6, 6.07) is 20.9. The first-order valence-corrected chi connectivity index (χ1v) is 11.7.